The molecule has 1 amide bonds. The van der Waals surface area contributed by atoms with Crippen molar-refractivity contribution >= 4 is 33.3 Å². The van der Waals surface area contributed by atoms with E-state index in [4.69, 9.17) is 5.11 Å². The molecule has 2 heterocycles. The van der Waals surface area contributed by atoms with E-state index in [9.17, 15) is 14.0 Å². The molecule has 1 aromatic heterocycles. The van der Waals surface area contributed by atoms with Crippen LogP contribution in [-0.4, -0.2) is 35.0 Å². The van der Waals surface area contributed by atoms with Gasteiger partial charge in [-0.1, -0.05) is 0 Å². The van der Waals surface area contributed by atoms with E-state index in [1.165, 1.54) is 23.5 Å². The number of rotatable bonds is 2. The summed E-state index contributed by atoms with van der Waals surface area (Å²) in [5, 5.41) is 9.88. The Kier molecular flexibility index (Phi) is 3.87. The monoisotopic (exact) mass is 321 g/mol. The predicted octanol–water partition coefficient (Wildman–Crippen LogP) is 3.29. The maximum absolute atomic E-state index is 13.4. The van der Waals surface area contributed by atoms with Crippen molar-refractivity contribution < 1.29 is 19.1 Å². The number of carbonyl (C=O) groups excluding carboxylic acids is 1. The van der Waals surface area contributed by atoms with Gasteiger partial charge in [0.1, 0.15) is 5.82 Å². The Labute approximate surface area is 131 Å². The quantitative estimate of drug-likeness (QED) is 0.923. The van der Waals surface area contributed by atoms with Gasteiger partial charge in [-0.25, -0.2) is 4.39 Å². The number of aryl methyl sites for hydroxylation is 1. The van der Waals surface area contributed by atoms with E-state index in [-0.39, 0.29) is 18.3 Å². The van der Waals surface area contributed by atoms with Crippen LogP contribution in [0.4, 0.5) is 4.39 Å². The molecule has 22 heavy (non-hydrogen) atoms. The number of amides is 1. The van der Waals surface area contributed by atoms with Crippen molar-refractivity contribution in [2.24, 2.45) is 5.92 Å². The summed E-state index contributed by atoms with van der Waals surface area (Å²) in [7, 11) is 0. The molecule has 0 radical (unpaired) electrons. The average molecular weight is 321 g/mol. The van der Waals surface area contributed by atoms with Crippen molar-refractivity contribution in [3.05, 3.63) is 34.5 Å². The number of nitrogens with zero attached hydrogens (tertiary/aromatic N) is 1. The first-order valence-electron chi connectivity index (χ1n) is 7.18. The minimum atomic E-state index is -0.854. The first kappa shape index (κ1) is 15.0. The highest BCUT2D eigenvalue weighted by atomic mass is 32.1. The molecule has 0 saturated carbocycles. The number of fused-ring (bicyclic) bond motifs is 1. The summed E-state index contributed by atoms with van der Waals surface area (Å²) in [5.74, 6) is -1.82. The van der Waals surface area contributed by atoms with Crippen LogP contribution in [0.15, 0.2) is 18.2 Å². The van der Waals surface area contributed by atoms with Crippen LogP contribution >= 0.6 is 11.3 Å². The molecule has 6 heteroatoms. The van der Waals surface area contributed by atoms with Crippen molar-refractivity contribution in [3.63, 3.8) is 0 Å². The molecule has 0 bridgehead atoms. The third kappa shape index (κ3) is 2.59. The summed E-state index contributed by atoms with van der Waals surface area (Å²) in [6, 6.07) is 4.50. The van der Waals surface area contributed by atoms with Gasteiger partial charge in [0, 0.05) is 17.8 Å². The minimum Gasteiger partial charge on any atom is -0.481 e. The number of carbonyl (C=O) groups is 2. The van der Waals surface area contributed by atoms with E-state index in [2.05, 4.69) is 0 Å². The highest BCUT2D eigenvalue weighted by Gasteiger charge is 2.30. The minimum absolute atomic E-state index is 0.148. The molecular weight excluding hydrogens is 305 g/mol. The molecule has 1 aliphatic heterocycles. The first-order valence-corrected chi connectivity index (χ1v) is 7.99. The van der Waals surface area contributed by atoms with Crippen LogP contribution in [0.5, 0.6) is 0 Å². The highest BCUT2D eigenvalue weighted by Crippen LogP contribution is 2.33. The van der Waals surface area contributed by atoms with Gasteiger partial charge in [-0.2, -0.15) is 0 Å². The largest absolute Gasteiger partial charge is 0.481 e. The van der Waals surface area contributed by atoms with Gasteiger partial charge >= 0.3 is 5.97 Å². The third-order valence-corrected chi connectivity index (χ3v) is 5.41. The van der Waals surface area contributed by atoms with Gasteiger partial charge in [-0.05, 0) is 48.9 Å². The lowest BCUT2D eigenvalue weighted by Crippen LogP contribution is -2.42. The van der Waals surface area contributed by atoms with Gasteiger partial charge in [-0.3, -0.25) is 9.59 Å². The summed E-state index contributed by atoms with van der Waals surface area (Å²) < 4.78 is 14.2. The Morgan fingerprint density at radius 3 is 2.91 bits per heavy atom. The summed E-state index contributed by atoms with van der Waals surface area (Å²) >= 11 is 1.34. The van der Waals surface area contributed by atoms with E-state index >= 15 is 0 Å². The SMILES string of the molecule is Cc1c(C(=O)N2CCC[C@H](C(=O)O)C2)sc2ccc(F)cc12. The number of halogens is 1. The van der Waals surface area contributed by atoms with Crippen LogP contribution in [-0.2, 0) is 4.79 Å². The van der Waals surface area contributed by atoms with E-state index in [0.717, 1.165) is 15.6 Å². The lowest BCUT2D eigenvalue weighted by atomic mass is 9.98. The van der Waals surface area contributed by atoms with Crippen LogP contribution in [0.3, 0.4) is 0 Å². The Hall–Kier alpha value is -1.95. The molecule has 0 spiro atoms. The number of carboxylic acid groups (broad SMARTS) is 1. The van der Waals surface area contributed by atoms with Crippen LogP contribution in [0, 0.1) is 18.7 Å². The van der Waals surface area contributed by atoms with Crippen molar-refractivity contribution in [1.82, 2.24) is 4.90 Å². The van der Waals surface area contributed by atoms with E-state index in [1.54, 1.807) is 11.0 Å². The fourth-order valence-corrected chi connectivity index (χ4v) is 4.06. The molecule has 3 rings (SSSR count). The molecule has 1 N–H and O–H groups in total. The summed E-state index contributed by atoms with van der Waals surface area (Å²) in [5.41, 5.74) is 0.766. The van der Waals surface area contributed by atoms with Gasteiger partial charge in [-0.15, -0.1) is 11.3 Å². The number of hydrogen-bond acceptors (Lipinski definition) is 3. The molecule has 1 fully saturated rings. The average Bonchev–Trinajstić information content (AvgIpc) is 2.83. The van der Waals surface area contributed by atoms with E-state index in [0.29, 0.717) is 24.3 Å². The Morgan fingerprint density at radius 1 is 1.41 bits per heavy atom. The first-order chi connectivity index (χ1) is 10.5. The summed E-state index contributed by atoms with van der Waals surface area (Å²) in [6.07, 6.45) is 1.30. The number of piperidine rings is 1. The standard InChI is InChI=1S/C16H16FNO3S/c1-9-12-7-11(17)4-5-13(12)22-14(9)15(19)18-6-2-3-10(8-18)16(20)21/h4-5,7,10H,2-3,6,8H2,1H3,(H,20,21)/t10-/m0/s1. The van der Waals surface area contributed by atoms with Crippen molar-refractivity contribution in [2.75, 3.05) is 13.1 Å². The number of benzene rings is 1. The molecule has 4 nitrogen and oxygen atoms in total. The lowest BCUT2D eigenvalue weighted by Gasteiger charge is -2.30. The number of likely N-dealkylation sites (tertiary alicyclic amines) is 1. The van der Waals surface area contributed by atoms with Crippen molar-refractivity contribution in [3.8, 4) is 0 Å². The van der Waals surface area contributed by atoms with Gasteiger partial charge in [0.05, 0.1) is 10.8 Å². The number of thiophene rings is 1. The van der Waals surface area contributed by atoms with Crippen LogP contribution in [0.2, 0.25) is 0 Å². The van der Waals surface area contributed by atoms with Crippen molar-refractivity contribution in [1.29, 1.82) is 0 Å². The number of aliphatic carboxylic acids is 1. The van der Waals surface area contributed by atoms with E-state index in [1.807, 2.05) is 6.92 Å². The molecule has 116 valence electrons. The lowest BCUT2D eigenvalue weighted by molar-refractivity contribution is -0.143. The number of hydrogen-bond donors (Lipinski definition) is 1. The fourth-order valence-electron chi connectivity index (χ4n) is 2.90. The summed E-state index contributed by atoms with van der Waals surface area (Å²) in [4.78, 5) is 26.0. The summed E-state index contributed by atoms with van der Waals surface area (Å²) in [6.45, 7) is 2.63. The second kappa shape index (κ2) is 5.68. The molecule has 1 aromatic carbocycles. The third-order valence-electron chi connectivity index (χ3n) is 4.15. The number of carboxylic acids is 1. The van der Waals surface area contributed by atoms with Gasteiger partial charge in [0.25, 0.3) is 5.91 Å². The maximum Gasteiger partial charge on any atom is 0.308 e. The second-order valence-electron chi connectivity index (χ2n) is 5.63. The van der Waals surface area contributed by atoms with Crippen LogP contribution in [0.1, 0.15) is 28.1 Å². The van der Waals surface area contributed by atoms with Gasteiger partial charge in [0.2, 0.25) is 0 Å². The molecule has 1 saturated heterocycles. The zero-order valence-electron chi connectivity index (χ0n) is 12.1. The predicted molar refractivity (Wildman–Crippen MR) is 82.8 cm³/mol. The molecule has 0 unspecified atom stereocenters. The molecular formula is C16H16FNO3S. The Bertz CT molecular complexity index is 755. The molecule has 0 aliphatic carbocycles. The topological polar surface area (TPSA) is 57.6 Å². The molecule has 2 aromatic rings. The zero-order chi connectivity index (χ0) is 15.9. The molecule has 1 atom stereocenters. The Morgan fingerprint density at radius 2 is 2.18 bits per heavy atom. The molecule has 1 aliphatic rings. The van der Waals surface area contributed by atoms with E-state index < -0.39 is 11.9 Å². The van der Waals surface area contributed by atoms with Gasteiger partial charge < -0.3 is 10.0 Å². The Balaban J connectivity index is 1.92. The highest BCUT2D eigenvalue weighted by molar-refractivity contribution is 7.21. The van der Waals surface area contributed by atoms with Crippen LogP contribution in [0.25, 0.3) is 10.1 Å². The second-order valence-corrected chi connectivity index (χ2v) is 6.68. The fraction of sp³-hybridized carbons (Fsp3) is 0.375. The van der Waals surface area contributed by atoms with Crippen molar-refractivity contribution in [2.45, 2.75) is 19.8 Å². The van der Waals surface area contributed by atoms with Gasteiger partial charge in [0.15, 0.2) is 0 Å². The zero-order valence-corrected chi connectivity index (χ0v) is 13.0. The normalized spacial score (nSPS) is 18.6. The van der Waals surface area contributed by atoms with Crippen LogP contribution < -0.4 is 0 Å². The smallest absolute Gasteiger partial charge is 0.308 e. The maximum atomic E-state index is 13.4.